The molecular formula is C37H33OS+. The van der Waals surface area contributed by atoms with Crippen molar-refractivity contribution in [2.45, 2.75) is 46.8 Å². The summed E-state index contributed by atoms with van der Waals surface area (Å²) < 4.78 is 6.55. The highest BCUT2D eigenvalue weighted by Crippen LogP contribution is 2.43. The van der Waals surface area contributed by atoms with E-state index in [1.165, 1.54) is 79.1 Å². The van der Waals surface area contributed by atoms with Gasteiger partial charge in [-0.05, 0) is 72.0 Å². The van der Waals surface area contributed by atoms with Crippen molar-refractivity contribution < 1.29 is 4.74 Å². The Morgan fingerprint density at radius 2 is 1.00 bits per heavy atom. The Hall–Kier alpha value is -3.75. The van der Waals surface area contributed by atoms with E-state index in [0.29, 0.717) is 5.92 Å². The van der Waals surface area contributed by atoms with E-state index in [4.69, 9.17) is 4.74 Å². The summed E-state index contributed by atoms with van der Waals surface area (Å²) in [6, 6.07) is 44.6. The van der Waals surface area contributed by atoms with Gasteiger partial charge in [-0.3, -0.25) is 0 Å². The average Bonchev–Trinajstić information content (AvgIpc) is 3.01. The largest absolute Gasteiger partial charge is 0.493 e. The molecule has 2 heteroatoms. The molecule has 0 N–H and O–H groups in total. The molecule has 1 aliphatic rings. The van der Waals surface area contributed by atoms with Crippen LogP contribution in [0, 0.1) is 5.92 Å². The van der Waals surface area contributed by atoms with Crippen LogP contribution in [-0.4, -0.2) is 6.61 Å². The summed E-state index contributed by atoms with van der Waals surface area (Å²) in [5, 5.41) is 7.69. The summed E-state index contributed by atoms with van der Waals surface area (Å²) in [6.07, 6.45) is 6.64. The van der Waals surface area contributed by atoms with E-state index in [2.05, 4.69) is 121 Å². The van der Waals surface area contributed by atoms with Crippen LogP contribution < -0.4 is 4.74 Å². The molecule has 0 atom stereocenters. The summed E-state index contributed by atoms with van der Waals surface area (Å²) in [5.41, 5.74) is 0. The molecule has 0 aliphatic heterocycles. The molecule has 0 aromatic heterocycles. The maximum atomic E-state index is 6.55. The molecular weight excluding hydrogens is 492 g/mol. The SMILES string of the molecule is c1ccc2c([S+](c3cccc4ccccc34)c3ccc(OCC4CCCCC4)c4ccccc34)cccc2c1. The Morgan fingerprint density at radius 3 is 1.64 bits per heavy atom. The molecule has 6 aromatic rings. The minimum absolute atomic E-state index is 0.310. The Balaban J connectivity index is 1.43. The topological polar surface area (TPSA) is 9.23 Å². The second-order valence-corrected chi connectivity index (χ2v) is 12.6. The van der Waals surface area contributed by atoms with E-state index in [1.807, 2.05) is 0 Å². The van der Waals surface area contributed by atoms with Gasteiger partial charge in [-0.15, -0.1) is 0 Å². The van der Waals surface area contributed by atoms with Gasteiger partial charge in [0.2, 0.25) is 0 Å². The zero-order valence-electron chi connectivity index (χ0n) is 22.2. The first-order chi connectivity index (χ1) is 19.4. The van der Waals surface area contributed by atoms with Crippen LogP contribution in [0.25, 0.3) is 32.3 Å². The number of rotatable bonds is 6. The van der Waals surface area contributed by atoms with Crippen molar-refractivity contribution in [3.05, 3.63) is 121 Å². The first kappa shape index (κ1) is 24.3. The Kier molecular flexibility index (Phi) is 6.72. The second-order valence-electron chi connectivity index (χ2n) is 10.7. The zero-order chi connectivity index (χ0) is 26.0. The van der Waals surface area contributed by atoms with E-state index >= 15 is 0 Å². The highest BCUT2D eigenvalue weighted by atomic mass is 32.2. The van der Waals surface area contributed by atoms with Crippen molar-refractivity contribution in [1.29, 1.82) is 0 Å². The minimum atomic E-state index is -0.310. The molecule has 0 heterocycles. The normalized spacial score (nSPS) is 14.4. The molecule has 1 saturated carbocycles. The summed E-state index contributed by atoms with van der Waals surface area (Å²) in [6.45, 7) is 0.821. The Labute approximate surface area is 233 Å². The molecule has 0 bridgehead atoms. The molecule has 0 spiro atoms. The van der Waals surface area contributed by atoms with Crippen LogP contribution in [0.4, 0.5) is 0 Å². The van der Waals surface area contributed by atoms with Crippen molar-refractivity contribution in [1.82, 2.24) is 0 Å². The lowest BCUT2D eigenvalue weighted by Crippen LogP contribution is -2.15. The van der Waals surface area contributed by atoms with Crippen molar-refractivity contribution in [2.24, 2.45) is 5.92 Å². The van der Waals surface area contributed by atoms with Crippen LogP contribution in [0.2, 0.25) is 0 Å². The summed E-state index contributed by atoms with van der Waals surface area (Å²) in [5.74, 6) is 1.69. The molecule has 1 fully saturated rings. The van der Waals surface area contributed by atoms with Crippen LogP contribution in [0.1, 0.15) is 32.1 Å². The predicted octanol–water partition coefficient (Wildman–Crippen LogP) is 10.2. The van der Waals surface area contributed by atoms with Gasteiger partial charge in [0, 0.05) is 21.5 Å². The maximum Gasteiger partial charge on any atom is 0.174 e. The molecule has 192 valence electrons. The maximum absolute atomic E-state index is 6.55. The highest BCUT2D eigenvalue weighted by molar-refractivity contribution is 7.97. The fraction of sp³-hybridized carbons (Fsp3) is 0.189. The third-order valence-electron chi connectivity index (χ3n) is 8.20. The molecule has 7 rings (SSSR count). The van der Waals surface area contributed by atoms with Crippen molar-refractivity contribution in [2.75, 3.05) is 6.61 Å². The van der Waals surface area contributed by atoms with Crippen LogP contribution in [-0.2, 0) is 10.9 Å². The van der Waals surface area contributed by atoms with Crippen LogP contribution >= 0.6 is 0 Å². The second kappa shape index (κ2) is 10.8. The quantitative estimate of drug-likeness (QED) is 0.197. The van der Waals surface area contributed by atoms with Gasteiger partial charge in [0.1, 0.15) is 16.6 Å². The molecule has 0 amide bonds. The fourth-order valence-corrected chi connectivity index (χ4v) is 8.77. The van der Waals surface area contributed by atoms with E-state index in [1.54, 1.807) is 0 Å². The zero-order valence-corrected chi connectivity index (χ0v) is 23.0. The van der Waals surface area contributed by atoms with Gasteiger partial charge in [0.25, 0.3) is 0 Å². The lowest BCUT2D eigenvalue weighted by Gasteiger charge is -2.22. The van der Waals surface area contributed by atoms with Crippen LogP contribution in [0.3, 0.4) is 0 Å². The summed E-state index contributed by atoms with van der Waals surface area (Å²) in [4.78, 5) is 4.08. The van der Waals surface area contributed by atoms with Crippen LogP contribution in [0.15, 0.2) is 136 Å². The van der Waals surface area contributed by atoms with Gasteiger partial charge in [0.15, 0.2) is 14.7 Å². The van der Waals surface area contributed by atoms with Gasteiger partial charge >= 0.3 is 0 Å². The Morgan fingerprint density at radius 1 is 0.487 bits per heavy atom. The molecule has 0 radical (unpaired) electrons. The number of fused-ring (bicyclic) bond motifs is 3. The van der Waals surface area contributed by atoms with Gasteiger partial charge in [-0.1, -0.05) is 98.1 Å². The van der Waals surface area contributed by atoms with Crippen molar-refractivity contribution in [3.63, 3.8) is 0 Å². The van der Waals surface area contributed by atoms with Gasteiger partial charge in [0.05, 0.1) is 6.61 Å². The number of hydrogen-bond donors (Lipinski definition) is 0. The van der Waals surface area contributed by atoms with Gasteiger partial charge in [-0.2, -0.15) is 0 Å². The first-order valence-corrected chi connectivity index (χ1v) is 15.4. The van der Waals surface area contributed by atoms with Crippen LogP contribution in [0.5, 0.6) is 5.75 Å². The smallest absolute Gasteiger partial charge is 0.174 e. The number of hydrogen-bond acceptors (Lipinski definition) is 1. The summed E-state index contributed by atoms with van der Waals surface area (Å²) >= 11 is 0. The van der Waals surface area contributed by atoms with E-state index in [0.717, 1.165) is 12.4 Å². The van der Waals surface area contributed by atoms with E-state index in [-0.39, 0.29) is 10.9 Å². The first-order valence-electron chi connectivity index (χ1n) is 14.2. The van der Waals surface area contributed by atoms with Gasteiger partial charge in [-0.25, -0.2) is 0 Å². The number of ether oxygens (including phenoxy) is 1. The average molecular weight is 526 g/mol. The third-order valence-corrected chi connectivity index (χ3v) is 10.6. The fourth-order valence-electron chi connectivity index (χ4n) is 6.21. The predicted molar refractivity (Wildman–Crippen MR) is 166 cm³/mol. The number of benzene rings is 6. The lowest BCUT2D eigenvalue weighted by molar-refractivity contribution is 0.210. The van der Waals surface area contributed by atoms with E-state index in [9.17, 15) is 0 Å². The monoisotopic (exact) mass is 525 g/mol. The minimum Gasteiger partial charge on any atom is -0.493 e. The molecule has 1 aliphatic carbocycles. The molecule has 0 saturated heterocycles. The summed E-state index contributed by atoms with van der Waals surface area (Å²) in [7, 11) is -0.310. The highest BCUT2D eigenvalue weighted by Gasteiger charge is 2.34. The van der Waals surface area contributed by atoms with Crippen molar-refractivity contribution >= 4 is 43.2 Å². The van der Waals surface area contributed by atoms with Gasteiger partial charge < -0.3 is 4.74 Å². The molecule has 6 aromatic carbocycles. The van der Waals surface area contributed by atoms with E-state index < -0.39 is 0 Å². The lowest BCUT2D eigenvalue weighted by atomic mass is 9.90. The standard InChI is InChI=1S/C37H33OS/c1-2-12-27(13-3-1)26-38-34-24-25-37(33-21-9-8-20-32(33)34)39(35-22-10-16-28-14-4-6-18-30(28)35)36-23-11-17-29-15-5-7-19-31(29)36/h4-11,14-25,27H,1-3,12-13,26H2/q+1. The molecule has 39 heavy (non-hydrogen) atoms. The Bertz CT molecular complexity index is 1680. The third kappa shape index (κ3) is 4.68. The molecule has 0 unspecified atom stereocenters. The molecule has 1 nitrogen and oxygen atoms in total. The van der Waals surface area contributed by atoms with Crippen molar-refractivity contribution in [3.8, 4) is 5.75 Å².